The van der Waals surface area contributed by atoms with Crippen molar-refractivity contribution in [1.82, 2.24) is 14.3 Å². The van der Waals surface area contributed by atoms with Crippen LogP contribution < -0.4 is 4.90 Å². The van der Waals surface area contributed by atoms with Gasteiger partial charge in [0.15, 0.2) is 0 Å². The van der Waals surface area contributed by atoms with Gasteiger partial charge < -0.3 is 14.5 Å². The fraction of sp³-hybridized carbons (Fsp3) is 0.565. The first-order valence-corrected chi connectivity index (χ1v) is 12.5. The number of hydrogen-bond donors (Lipinski definition) is 0. The number of likely N-dealkylation sites (tertiary alicyclic amines) is 1. The topological polar surface area (TPSA) is 75.6 Å². The van der Waals surface area contributed by atoms with Gasteiger partial charge in [0.05, 0.1) is 12.5 Å². The lowest BCUT2D eigenvalue weighted by Crippen LogP contribution is -2.47. The van der Waals surface area contributed by atoms with E-state index < -0.39 is 0 Å². The molecule has 2 aromatic rings. The van der Waals surface area contributed by atoms with Crippen molar-refractivity contribution in [1.29, 1.82) is 0 Å². The molecule has 2 fully saturated rings. The first-order valence-electron chi connectivity index (χ1n) is 11.3. The van der Waals surface area contributed by atoms with E-state index in [4.69, 9.17) is 21.3 Å². The molecule has 172 valence electrons. The van der Waals surface area contributed by atoms with E-state index in [0.29, 0.717) is 19.6 Å². The van der Waals surface area contributed by atoms with E-state index >= 15 is 0 Å². The van der Waals surface area contributed by atoms with Crippen LogP contribution in [-0.2, 0) is 20.7 Å². The number of rotatable bonds is 6. The monoisotopic (exact) mass is 476 g/mol. The average Bonchev–Trinajstić information content (AvgIpc) is 3.29. The molecule has 0 N–H and O–H groups in total. The Morgan fingerprint density at radius 2 is 1.88 bits per heavy atom. The second-order valence-corrected chi connectivity index (χ2v) is 9.60. The van der Waals surface area contributed by atoms with Gasteiger partial charge in [-0.1, -0.05) is 23.7 Å². The van der Waals surface area contributed by atoms with E-state index in [1.807, 2.05) is 36.1 Å². The number of amides is 1. The number of aromatic nitrogens is 2. The summed E-state index contributed by atoms with van der Waals surface area (Å²) in [6.07, 6.45) is 3.93. The van der Waals surface area contributed by atoms with Crippen molar-refractivity contribution in [2.24, 2.45) is 11.8 Å². The molecule has 1 aromatic carbocycles. The summed E-state index contributed by atoms with van der Waals surface area (Å²) >= 11 is 7.37. The lowest BCUT2D eigenvalue weighted by atomic mass is 9.92. The Labute approximate surface area is 197 Å². The second-order valence-electron chi connectivity index (χ2n) is 8.43. The number of benzene rings is 1. The molecule has 2 aliphatic rings. The summed E-state index contributed by atoms with van der Waals surface area (Å²) in [6, 6.07) is 7.74. The van der Waals surface area contributed by atoms with Gasteiger partial charge in [0.1, 0.15) is 5.82 Å². The second kappa shape index (κ2) is 10.6. The SMILES string of the molecule is CCOC(=O)C1CCCN(C(=O)C2CCN(c3nc(Cc4ccc(Cl)cc4)ns3)CC2)C1. The Bertz CT molecular complexity index is 928. The van der Waals surface area contributed by atoms with Crippen LogP contribution in [0.2, 0.25) is 5.02 Å². The fourth-order valence-electron chi connectivity index (χ4n) is 4.44. The molecule has 3 heterocycles. The highest BCUT2D eigenvalue weighted by atomic mass is 35.5. The minimum atomic E-state index is -0.187. The van der Waals surface area contributed by atoms with Crippen LogP contribution in [0.5, 0.6) is 0 Å². The molecule has 0 spiro atoms. The highest BCUT2D eigenvalue weighted by Crippen LogP contribution is 2.28. The molecule has 0 bridgehead atoms. The standard InChI is InChI=1S/C23H29ClN4O3S/c1-2-31-22(30)18-4-3-11-28(15-18)21(29)17-9-12-27(13-10-17)23-25-20(26-32-23)14-16-5-7-19(24)8-6-16/h5-8,17-18H,2-4,9-15H2,1H3. The Balaban J connectivity index is 1.28. The van der Waals surface area contributed by atoms with Crippen LogP contribution in [0.3, 0.4) is 0 Å². The van der Waals surface area contributed by atoms with E-state index in [2.05, 4.69) is 9.27 Å². The number of hydrogen-bond acceptors (Lipinski definition) is 7. The van der Waals surface area contributed by atoms with E-state index in [0.717, 1.165) is 66.9 Å². The van der Waals surface area contributed by atoms with Crippen molar-refractivity contribution in [3.63, 3.8) is 0 Å². The lowest BCUT2D eigenvalue weighted by Gasteiger charge is -2.37. The average molecular weight is 477 g/mol. The molecule has 1 unspecified atom stereocenters. The summed E-state index contributed by atoms with van der Waals surface area (Å²) < 4.78 is 9.67. The first-order chi connectivity index (χ1) is 15.5. The number of ether oxygens (including phenoxy) is 1. The first kappa shape index (κ1) is 23.0. The fourth-order valence-corrected chi connectivity index (χ4v) is 5.30. The van der Waals surface area contributed by atoms with E-state index in [1.54, 1.807) is 0 Å². The summed E-state index contributed by atoms with van der Waals surface area (Å²) in [5.74, 6) is 0.635. The smallest absolute Gasteiger partial charge is 0.310 e. The highest BCUT2D eigenvalue weighted by Gasteiger charge is 2.34. The van der Waals surface area contributed by atoms with Gasteiger partial charge in [-0.2, -0.15) is 4.37 Å². The maximum absolute atomic E-state index is 13.1. The summed E-state index contributed by atoms with van der Waals surface area (Å²) in [6.45, 7) is 5.01. The number of esters is 1. The van der Waals surface area contributed by atoms with Crippen molar-refractivity contribution in [3.8, 4) is 0 Å². The number of nitrogens with zero attached hydrogens (tertiary/aromatic N) is 4. The van der Waals surface area contributed by atoms with Gasteiger partial charge in [-0.25, -0.2) is 4.98 Å². The zero-order valence-corrected chi connectivity index (χ0v) is 19.9. The van der Waals surface area contributed by atoms with Crippen molar-refractivity contribution >= 4 is 40.1 Å². The molecular formula is C23H29ClN4O3S. The molecule has 0 aliphatic carbocycles. The predicted molar refractivity (Wildman–Crippen MR) is 125 cm³/mol. The van der Waals surface area contributed by atoms with E-state index in [1.165, 1.54) is 11.5 Å². The lowest BCUT2D eigenvalue weighted by molar-refractivity contribution is -0.152. The molecule has 1 aromatic heterocycles. The summed E-state index contributed by atoms with van der Waals surface area (Å²) in [5.41, 5.74) is 1.13. The van der Waals surface area contributed by atoms with Crippen LogP contribution in [-0.4, -0.2) is 58.9 Å². The third kappa shape index (κ3) is 5.59. The molecule has 0 radical (unpaired) electrons. The number of carbonyl (C=O) groups excluding carboxylic acids is 2. The Kier molecular flexibility index (Phi) is 7.63. The maximum Gasteiger partial charge on any atom is 0.310 e. The van der Waals surface area contributed by atoms with Gasteiger partial charge in [-0.15, -0.1) is 0 Å². The van der Waals surface area contributed by atoms with Crippen LogP contribution in [0.4, 0.5) is 5.13 Å². The van der Waals surface area contributed by atoms with Gasteiger partial charge >= 0.3 is 5.97 Å². The van der Waals surface area contributed by atoms with Crippen LogP contribution >= 0.6 is 23.1 Å². The molecule has 7 nitrogen and oxygen atoms in total. The number of piperidine rings is 2. The van der Waals surface area contributed by atoms with Crippen molar-refractivity contribution < 1.29 is 14.3 Å². The van der Waals surface area contributed by atoms with Crippen molar-refractivity contribution in [2.75, 3.05) is 37.7 Å². The number of carbonyl (C=O) groups is 2. The Hall–Kier alpha value is -2.19. The number of halogens is 1. The van der Waals surface area contributed by atoms with Gasteiger partial charge in [0, 0.05) is 55.1 Å². The third-order valence-electron chi connectivity index (χ3n) is 6.20. The third-order valence-corrected chi connectivity index (χ3v) is 7.27. The molecule has 0 saturated carbocycles. The molecule has 1 amide bonds. The van der Waals surface area contributed by atoms with Crippen LogP contribution in [0.1, 0.15) is 44.0 Å². The largest absolute Gasteiger partial charge is 0.466 e. The molecular weight excluding hydrogens is 448 g/mol. The zero-order chi connectivity index (χ0) is 22.5. The minimum absolute atomic E-state index is 0.00801. The predicted octanol–water partition coefficient (Wildman–Crippen LogP) is 3.80. The van der Waals surface area contributed by atoms with Crippen LogP contribution in [0.25, 0.3) is 0 Å². The van der Waals surface area contributed by atoms with Gasteiger partial charge in [0.25, 0.3) is 0 Å². The summed E-state index contributed by atoms with van der Waals surface area (Å²) in [7, 11) is 0. The van der Waals surface area contributed by atoms with Crippen LogP contribution in [0, 0.1) is 11.8 Å². The Morgan fingerprint density at radius 3 is 2.59 bits per heavy atom. The normalized spacial score (nSPS) is 19.8. The molecule has 9 heteroatoms. The molecule has 2 saturated heterocycles. The highest BCUT2D eigenvalue weighted by molar-refractivity contribution is 7.09. The molecule has 2 aliphatic heterocycles. The van der Waals surface area contributed by atoms with E-state index in [-0.39, 0.29) is 23.7 Å². The maximum atomic E-state index is 13.1. The van der Waals surface area contributed by atoms with E-state index in [9.17, 15) is 9.59 Å². The molecule has 4 rings (SSSR count). The van der Waals surface area contributed by atoms with Crippen LogP contribution in [0.15, 0.2) is 24.3 Å². The van der Waals surface area contributed by atoms with Crippen molar-refractivity contribution in [3.05, 3.63) is 40.7 Å². The zero-order valence-electron chi connectivity index (χ0n) is 18.3. The molecule has 1 atom stereocenters. The Morgan fingerprint density at radius 1 is 1.12 bits per heavy atom. The van der Waals surface area contributed by atoms with Crippen molar-refractivity contribution in [2.45, 2.75) is 39.0 Å². The van der Waals surface area contributed by atoms with Gasteiger partial charge in [-0.05, 0) is 50.3 Å². The quantitative estimate of drug-likeness (QED) is 0.590. The summed E-state index contributed by atoms with van der Waals surface area (Å²) in [4.78, 5) is 34.0. The molecule has 32 heavy (non-hydrogen) atoms. The minimum Gasteiger partial charge on any atom is -0.466 e. The van der Waals surface area contributed by atoms with Gasteiger partial charge in [-0.3, -0.25) is 9.59 Å². The number of anilines is 1. The summed E-state index contributed by atoms with van der Waals surface area (Å²) in [5, 5.41) is 1.64. The van der Waals surface area contributed by atoms with Gasteiger partial charge in [0.2, 0.25) is 11.0 Å².